The molecule has 1 rings (SSSR count). The third kappa shape index (κ3) is 1.78. The first-order valence-corrected chi connectivity index (χ1v) is 3.26. The van der Waals surface area contributed by atoms with Crippen molar-refractivity contribution in [2.24, 2.45) is 0 Å². The molecule has 1 aromatic rings. The van der Waals surface area contributed by atoms with Crippen molar-refractivity contribution in [3.63, 3.8) is 0 Å². The molecule has 0 amide bonds. The van der Waals surface area contributed by atoms with Crippen LogP contribution in [0.25, 0.3) is 6.08 Å². The number of aliphatic hydroxyl groups is 1. The fourth-order valence-electron chi connectivity index (χ4n) is 0.834. The van der Waals surface area contributed by atoms with Gasteiger partial charge in [-0.1, -0.05) is 12.7 Å². The topological polar surface area (TPSA) is 59.1 Å². The van der Waals surface area contributed by atoms with Crippen LogP contribution in [0.2, 0.25) is 0 Å². The van der Waals surface area contributed by atoms with Gasteiger partial charge in [0.1, 0.15) is 5.82 Å². The number of aromatic nitrogens is 1. The van der Waals surface area contributed by atoms with Gasteiger partial charge in [-0.05, 0) is 17.7 Å². The van der Waals surface area contributed by atoms with Gasteiger partial charge >= 0.3 is 0 Å². The summed E-state index contributed by atoms with van der Waals surface area (Å²) in [5.41, 5.74) is 6.89. The van der Waals surface area contributed by atoms with Crippen LogP contribution in [0.15, 0.2) is 18.7 Å². The Kier molecular flexibility index (Phi) is 2.23. The van der Waals surface area contributed by atoms with E-state index in [1.165, 1.54) is 0 Å². The molecule has 0 spiro atoms. The van der Waals surface area contributed by atoms with Gasteiger partial charge in [0.15, 0.2) is 0 Å². The number of pyridine rings is 1. The summed E-state index contributed by atoms with van der Waals surface area (Å²) in [6, 6.07) is 3.44. The van der Waals surface area contributed by atoms with Crippen molar-refractivity contribution in [1.82, 2.24) is 4.98 Å². The van der Waals surface area contributed by atoms with Crippen LogP contribution < -0.4 is 5.73 Å². The first-order chi connectivity index (χ1) is 5.26. The van der Waals surface area contributed by atoms with Gasteiger partial charge in [0, 0.05) is 0 Å². The molecule has 0 saturated heterocycles. The zero-order valence-corrected chi connectivity index (χ0v) is 6.12. The van der Waals surface area contributed by atoms with Gasteiger partial charge in [0.2, 0.25) is 0 Å². The Morgan fingerprint density at radius 2 is 2.36 bits per heavy atom. The maximum absolute atomic E-state index is 8.73. The molecule has 58 valence electrons. The Hall–Kier alpha value is -1.35. The molecule has 0 radical (unpaired) electrons. The Labute approximate surface area is 65.2 Å². The first-order valence-electron chi connectivity index (χ1n) is 3.26. The van der Waals surface area contributed by atoms with Gasteiger partial charge in [-0.15, -0.1) is 0 Å². The van der Waals surface area contributed by atoms with Gasteiger partial charge < -0.3 is 10.8 Å². The number of hydrogen-bond acceptors (Lipinski definition) is 3. The van der Waals surface area contributed by atoms with Gasteiger partial charge in [0.05, 0.1) is 12.3 Å². The predicted molar refractivity (Wildman–Crippen MR) is 44.7 cm³/mol. The highest BCUT2D eigenvalue weighted by Gasteiger charge is 1.95. The van der Waals surface area contributed by atoms with Crippen molar-refractivity contribution >= 4 is 11.9 Å². The average molecular weight is 150 g/mol. The molecule has 0 unspecified atom stereocenters. The summed E-state index contributed by atoms with van der Waals surface area (Å²) < 4.78 is 0. The van der Waals surface area contributed by atoms with E-state index < -0.39 is 0 Å². The van der Waals surface area contributed by atoms with E-state index in [2.05, 4.69) is 11.6 Å². The summed E-state index contributed by atoms with van der Waals surface area (Å²) in [7, 11) is 0. The zero-order chi connectivity index (χ0) is 8.27. The molecule has 1 heterocycles. The van der Waals surface area contributed by atoms with Crippen molar-refractivity contribution < 1.29 is 5.11 Å². The molecule has 3 N–H and O–H groups in total. The standard InChI is InChI=1S/C8H10N2O/c1-2-6-3-7(5-11)10-8(9)4-6/h2-4,11H,1,5H2,(H2,9,10). The number of hydrogen-bond donors (Lipinski definition) is 2. The quantitative estimate of drug-likeness (QED) is 0.655. The number of rotatable bonds is 2. The Bertz CT molecular complexity index is 271. The maximum atomic E-state index is 8.73. The molecule has 0 aromatic carbocycles. The second kappa shape index (κ2) is 3.16. The fraction of sp³-hybridized carbons (Fsp3) is 0.125. The van der Waals surface area contributed by atoms with Crippen LogP contribution in [0.3, 0.4) is 0 Å². The van der Waals surface area contributed by atoms with Gasteiger partial charge in [-0.2, -0.15) is 0 Å². The van der Waals surface area contributed by atoms with Crippen molar-refractivity contribution in [2.45, 2.75) is 6.61 Å². The summed E-state index contributed by atoms with van der Waals surface area (Å²) in [4.78, 5) is 3.88. The molecule has 0 aliphatic carbocycles. The van der Waals surface area contributed by atoms with Crippen molar-refractivity contribution in [3.8, 4) is 0 Å². The van der Waals surface area contributed by atoms with Crippen molar-refractivity contribution in [1.29, 1.82) is 0 Å². The minimum atomic E-state index is -0.0914. The molecule has 0 fully saturated rings. The van der Waals surface area contributed by atoms with Gasteiger partial charge in [0.25, 0.3) is 0 Å². The second-order valence-corrected chi connectivity index (χ2v) is 2.18. The number of nitrogens with zero attached hydrogens (tertiary/aromatic N) is 1. The summed E-state index contributed by atoms with van der Waals surface area (Å²) in [5.74, 6) is 0.409. The molecular formula is C8H10N2O. The molecule has 0 saturated carbocycles. The number of aliphatic hydroxyl groups excluding tert-OH is 1. The van der Waals surface area contributed by atoms with E-state index in [1.54, 1.807) is 18.2 Å². The molecule has 0 aliphatic heterocycles. The zero-order valence-electron chi connectivity index (χ0n) is 6.12. The minimum absolute atomic E-state index is 0.0914. The highest BCUT2D eigenvalue weighted by atomic mass is 16.3. The minimum Gasteiger partial charge on any atom is -0.390 e. The lowest BCUT2D eigenvalue weighted by atomic mass is 10.2. The summed E-state index contributed by atoms with van der Waals surface area (Å²) in [6.45, 7) is 3.49. The highest BCUT2D eigenvalue weighted by Crippen LogP contribution is 2.08. The van der Waals surface area contributed by atoms with E-state index in [0.717, 1.165) is 5.56 Å². The van der Waals surface area contributed by atoms with E-state index in [-0.39, 0.29) is 6.61 Å². The van der Waals surface area contributed by atoms with Crippen LogP contribution in [0.4, 0.5) is 5.82 Å². The lowest BCUT2D eigenvalue weighted by Crippen LogP contribution is -1.96. The molecule has 3 nitrogen and oxygen atoms in total. The highest BCUT2D eigenvalue weighted by molar-refractivity contribution is 5.51. The van der Waals surface area contributed by atoms with Gasteiger partial charge in [-0.3, -0.25) is 0 Å². The van der Waals surface area contributed by atoms with Crippen LogP contribution in [-0.4, -0.2) is 10.1 Å². The molecule has 11 heavy (non-hydrogen) atoms. The van der Waals surface area contributed by atoms with Crippen molar-refractivity contribution in [2.75, 3.05) is 5.73 Å². The lowest BCUT2D eigenvalue weighted by molar-refractivity contribution is 0.277. The molecule has 0 atom stereocenters. The predicted octanol–water partition coefficient (Wildman–Crippen LogP) is 0.799. The third-order valence-electron chi connectivity index (χ3n) is 1.32. The monoisotopic (exact) mass is 150 g/mol. The van der Waals surface area contributed by atoms with E-state index in [1.807, 2.05) is 0 Å². The summed E-state index contributed by atoms with van der Waals surface area (Å²) in [6.07, 6.45) is 1.66. The second-order valence-electron chi connectivity index (χ2n) is 2.18. The number of anilines is 1. The lowest BCUT2D eigenvalue weighted by Gasteiger charge is -1.99. The first kappa shape index (κ1) is 7.75. The molecule has 1 aromatic heterocycles. The Balaban J connectivity index is 3.11. The van der Waals surface area contributed by atoms with E-state index in [9.17, 15) is 0 Å². The van der Waals surface area contributed by atoms with E-state index in [0.29, 0.717) is 11.5 Å². The van der Waals surface area contributed by atoms with Crippen LogP contribution in [-0.2, 0) is 6.61 Å². The van der Waals surface area contributed by atoms with Crippen LogP contribution in [0.1, 0.15) is 11.3 Å². The SMILES string of the molecule is C=Cc1cc(N)nc(CO)c1. The van der Waals surface area contributed by atoms with Crippen LogP contribution in [0, 0.1) is 0 Å². The van der Waals surface area contributed by atoms with E-state index in [4.69, 9.17) is 10.8 Å². The smallest absolute Gasteiger partial charge is 0.124 e. The largest absolute Gasteiger partial charge is 0.390 e. The Morgan fingerprint density at radius 3 is 2.91 bits per heavy atom. The molecule has 0 bridgehead atoms. The van der Waals surface area contributed by atoms with E-state index >= 15 is 0 Å². The van der Waals surface area contributed by atoms with Crippen LogP contribution >= 0.6 is 0 Å². The van der Waals surface area contributed by atoms with Crippen LogP contribution in [0.5, 0.6) is 0 Å². The number of nitrogens with two attached hydrogens (primary N) is 1. The normalized spacial score (nSPS) is 9.55. The van der Waals surface area contributed by atoms with Gasteiger partial charge in [-0.25, -0.2) is 4.98 Å². The maximum Gasteiger partial charge on any atom is 0.124 e. The van der Waals surface area contributed by atoms with Crippen molar-refractivity contribution in [3.05, 3.63) is 30.0 Å². The molecule has 0 aliphatic rings. The molecule has 3 heteroatoms. The number of nitrogen functional groups attached to an aromatic ring is 1. The third-order valence-corrected chi connectivity index (χ3v) is 1.32. The average Bonchev–Trinajstić information content (AvgIpc) is 2.03. The Morgan fingerprint density at radius 1 is 1.64 bits per heavy atom. The summed E-state index contributed by atoms with van der Waals surface area (Å²) >= 11 is 0. The fourth-order valence-corrected chi connectivity index (χ4v) is 0.834. The summed E-state index contributed by atoms with van der Waals surface area (Å²) in [5, 5.41) is 8.73. The molecular weight excluding hydrogens is 140 g/mol.